The van der Waals surface area contributed by atoms with Gasteiger partial charge < -0.3 is 19.5 Å². The lowest BCUT2D eigenvalue weighted by Gasteiger charge is -2.17. The van der Waals surface area contributed by atoms with Gasteiger partial charge >= 0.3 is 0 Å². The van der Waals surface area contributed by atoms with E-state index in [-0.39, 0.29) is 30.0 Å². The molecular formula is C16H15FN2O5. The van der Waals surface area contributed by atoms with Crippen LogP contribution < -0.4 is 19.5 Å². The summed E-state index contributed by atoms with van der Waals surface area (Å²) < 4.78 is 29.2. The lowest BCUT2D eigenvalue weighted by atomic mass is 10.1. The summed E-state index contributed by atoms with van der Waals surface area (Å²) in [5.74, 6) is 0.416. The number of hydrogen-bond acceptors (Lipinski definition) is 6. The molecule has 7 nitrogen and oxygen atoms in total. The Morgan fingerprint density at radius 3 is 2.75 bits per heavy atom. The van der Waals surface area contributed by atoms with Crippen LogP contribution in [0.4, 0.5) is 15.8 Å². The van der Waals surface area contributed by atoms with Crippen molar-refractivity contribution in [3.63, 3.8) is 0 Å². The van der Waals surface area contributed by atoms with Gasteiger partial charge in [0.25, 0.3) is 5.69 Å². The summed E-state index contributed by atoms with van der Waals surface area (Å²) >= 11 is 0. The maximum Gasteiger partial charge on any atom is 0.295 e. The Labute approximate surface area is 137 Å². The second kappa shape index (κ2) is 6.23. The third-order valence-corrected chi connectivity index (χ3v) is 3.74. The summed E-state index contributed by atoms with van der Waals surface area (Å²) in [6.07, 6.45) is 0. The predicted octanol–water partition coefficient (Wildman–Crippen LogP) is 3.64. The highest BCUT2D eigenvalue weighted by Gasteiger charge is 2.22. The van der Waals surface area contributed by atoms with Crippen LogP contribution in [-0.4, -0.2) is 18.8 Å². The summed E-state index contributed by atoms with van der Waals surface area (Å²) in [4.78, 5) is 10.5. The van der Waals surface area contributed by atoms with Gasteiger partial charge in [-0.2, -0.15) is 0 Å². The Kier molecular flexibility index (Phi) is 4.11. The number of benzene rings is 2. The van der Waals surface area contributed by atoms with Crippen LogP contribution in [0, 0.1) is 15.9 Å². The molecule has 1 aliphatic heterocycles. The van der Waals surface area contributed by atoms with Gasteiger partial charge in [0.2, 0.25) is 6.79 Å². The number of anilines is 1. The van der Waals surface area contributed by atoms with E-state index in [0.29, 0.717) is 11.5 Å². The number of ether oxygens (including phenoxy) is 3. The average molecular weight is 334 g/mol. The van der Waals surface area contributed by atoms with Gasteiger partial charge in [0.1, 0.15) is 5.69 Å². The maximum absolute atomic E-state index is 13.7. The summed E-state index contributed by atoms with van der Waals surface area (Å²) in [6.45, 7) is 2.00. The number of hydrogen-bond donors (Lipinski definition) is 1. The van der Waals surface area contributed by atoms with Crippen molar-refractivity contribution in [2.75, 3.05) is 19.2 Å². The molecule has 0 amide bonds. The van der Waals surface area contributed by atoms with Crippen molar-refractivity contribution < 1.29 is 23.5 Å². The molecule has 0 fully saturated rings. The van der Waals surface area contributed by atoms with Gasteiger partial charge in [-0.3, -0.25) is 10.1 Å². The van der Waals surface area contributed by atoms with Crippen molar-refractivity contribution in [1.82, 2.24) is 0 Å². The molecule has 0 spiro atoms. The standard InChI is InChI=1S/C16H15FN2O5/c1-9(10-3-4-14-16(5-10)24-8-23-14)18-12-7-15(22-2)11(17)6-13(12)19(20)21/h3-7,9,18H,8H2,1-2H3. The SMILES string of the molecule is COc1cc(NC(C)c2ccc3c(c2)OCO3)c([N+](=O)[O-])cc1F. The van der Waals surface area contributed by atoms with E-state index >= 15 is 0 Å². The van der Waals surface area contributed by atoms with E-state index in [1.165, 1.54) is 13.2 Å². The fourth-order valence-corrected chi connectivity index (χ4v) is 2.47. The van der Waals surface area contributed by atoms with Crippen molar-refractivity contribution in [2.24, 2.45) is 0 Å². The van der Waals surface area contributed by atoms with E-state index in [2.05, 4.69) is 5.32 Å². The van der Waals surface area contributed by atoms with Crippen molar-refractivity contribution >= 4 is 11.4 Å². The van der Waals surface area contributed by atoms with Crippen molar-refractivity contribution in [3.05, 3.63) is 51.8 Å². The number of nitro benzene ring substituents is 1. The first-order valence-corrected chi connectivity index (χ1v) is 7.17. The van der Waals surface area contributed by atoms with Crippen LogP contribution in [0.1, 0.15) is 18.5 Å². The van der Waals surface area contributed by atoms with Crippen LogP contribution in [0.2, 0.25) is 0 Å². The van der Waals surface area contributed by atoms with Crippen LogP contribution in [0.25, 0.3) is 0 Å². The van der Waals surface area contributed by atoms with Gasteiger partial charge in [0.05, 0.1) is 18.1 Å². The third kappa shape index (κ3) is 2.90. The maximum atomic E-state index is 13.7. The number of nitrogens with zero attached hydrogens (tertiary/aromatic N) is 1. The molecule has 1 N–H and O–H groups in total. The number of fused-ring (bicyclic) bond motifs is 1. The highest BCUT2D eigenvalue weighted by molar-refractivity contribution is 5.65. The van der Waals surface area contributed by atoms with Gasteiger partial charge in [-0.15, -0.1) is 0 Å². The summed E-state index contributed by atoms with van der Waals surface area (Å²) in [6, 6.07) is 7.23. The molecule has 1 heterocycles. The van der Waals surface area contributed by atoms with Gasteiger partial charge in [-0.1, -0.05) is 6.07 Å². The number of rotatable bonds is 5. The molecule has 0 bridgehead atoms. The molecule has 2 aromatic carbocycles. The van der Waals surface area contributed by atoms with Gasteiger partial charge in [-0.05, 0) is 24.6 Å². The normalized spacial score (nSPS) is 13.5. The zero-order chi connectivity index (χ0) is 17.3. The number of nitrogens with one attached hydrogen (secondary N) is 1. The Bertz CT molecular complexity index is 796. The molecule has 1 aliphatic rings. The van der Waals surface area contributed by atoms with Crippen molar-refractivity contribution in [2.45, 2.75) is 13.0 Å². The quantitative estimate of drug-likeness (QED) is 0.664. The first kappa shape index (κ1) is 15.9. The Balaban J connectivity index is 1.90. The van der Waals surface area contributed by atoms with Crippen molar-refractivity contribution in [1.29, 1.82) is 0 Å². The molecule has 0 aliphatic carbocycles. The summed E-state index contributed by atoms with van der Waals surface area (Å²) in [5, 5.41) is 14.2. The average Bonchev–Trinajstić information content (AvgIpc) is 3.03. The monoisotopic (exact) mass is 334 g/mol. The van der Waals surface area contributed by atoms with Crippen LogP contribution in [0.5, 0.6) is 17.2 Å². The lowest BCUT2D eigenvalue weighted by molar-refractivity contribution is -0.384. The zero-order valence-electron chi connectivity index (χ0n) is 13.0. The van der Waals surface area contributed by atoms with E-state index in [1.807, 2.05) is 13.0 Å². The molecule has 1 unspecified atom stereocenters. The van der Waals surface area contributed by atoms with E-state index in [1.54, 1.807) is 12.1 Å². The first-order valence-electron chi connectivity index (χ1n) is 7.17. The van der Waals surface area contributed by atoms with E-state index < -0.39 is 10.7 Å². The highest BCUT2D eigenvalue weighted by atomic mass is 19.1. The van der Waals surface area contributed by atoms with Crippen LogP contribution >= 0.6 is 0 Å². The molecule has 0 radical (unpaired) electrons. The lowest BCUT2D eigenvalue weighted by Crippen LogP contribution is -2.09. The minimum Gasteiger partial charge on any atom is -0.494 e. The molecule has 1 atom stereocenters. The Hall–Kier alpha value is -3.03. The predicted molar refractivity (Wildman–Crippen MR) is 84.2 cm³/mol. The molecule has 24 heavy (non-hydrogen) atoms. The smallest absolute Gasteiger partial charge is 0.295 e. The summed E-state index contributed by atoms with van der Waals surface area (Å²) in [7, 11) is 1.30. The van der Waals surface area contributed by atoms with Gasteiger partial charge in [-0.25, -0.2) is 4.39 Å². The fraction of sp³-hybridized carbons (Fsp3) is 0.250. The Morgan fingerprint density at radius 1 is 1.29 bits per heavy atom. The van der Waals surface area contributed by atoms with Gasteiger partial charge in [0.15, 0.2) is 23.1 Å². The molecule has 126 valence electrons. The molecule has 0 aromatic heterocycles. The van der Waals surface area contributed by atoms with Crippen LogP contribution in [0.3, 0.4) is 0 Å². The molecular weight excluding hydrogens is 319 g/mol. The van der Waals surface area contributed by atoms with Crippen molar-refractivity contribution in [3.8, 4) is 17.2 Å². The number of halogens is 1. The molecule has 0 saturated carbocycles. The minimum atomic E-state index is -0.787. The van der Waals surface area contributed by atoms with E-state index in [0.717, 1.165) is 11.6 Å². The zero-order valence-corrected chi connectivity index (χ0v) is 13.0. The number of nitro groups is 1. The minimum absolute atomic E-state index is 0.0685. The topological polar surface area (TPSA) is 82.9 Å². The second-order valence-corrected chi connectivity index (χ2v) is 5.24. The molecule has 0 saturated heterocycles. The second-order valence-electron chi connectivity index (χ2n) is 5.24. The first-order chi connectivity index (χ1) is 11.5. The number of methoxy groups -OCH3 is 1. The van der Waals surface area contributed by atoms with Crippen LogP contribution in [-0.2, 0) is 0 Å². The molecule has 2 aromatic rings. The van der Waals surface area contributed by atoms with Crippen LogP contribution in [0.15, 0.2) is 30.3 Å². The van der Waals surface area contributed by atoms with E-state index in [9.17, 15) is 14.5 Å². The third-order valence-electron chi connectivity index (χ3n) is 3.74. The molecule has 8 heteroatoms. The largest absolute Gasteiger partial charge is 0.494 e. The van der Waals surface area contributed by atoms with Gasteiger partial charge in [0, 0.05) is 12.1 Å². The fourth-order valence-electron chi connectivity index (χ4n) is 2.47. The van der Waals surface area contributed by atoms with E-state index in [4.69, 9.17) is 14.2 Å². The summed E-state index contributed by atoms with van der Waals surface area (Å²) in [5.41, 5.74) is 0.654. The highest BCUT2D eigenvalue weighted by Crippen LogP contribution is 2.37. The Morgan fingerprint density at radius 2 is 2.04 bits per heavy atom. The molecule has 3 rings (SSSR count).